The Morgan fingerprint density at radius 2 is 1.88 bits per heavy atom. The number of nitrogens with one attached hydrogen (secondary N) is 2. The van der Waals surface area contributed by atoms with E-state index in [-0.39, 0.29) is 6.04 Å². The van der Waals surface area contributed by atoms with Crippen LogP contribution in [0.3, 0.4) is 0 Å². The lowest BCUT2D eigenvalue weighted by Gasteiger charge is -2.33. The summed E-state index contributed by atoms with van der Waals surface area (Å²) in [6.07, 6.45) is 5.62. The third-order valence-corrected chi connectivity index (χ3v) is 4.77. The van der Waals surface area contributed by atoms with Crippen LogP contribution in [0, 0.1) is 0 Å². The highest BCUT2D eigenvalue weighted by Gasteiger charge is 2.24. The second-order valence-corrected chi connectivity index (χ2v) is 6.69. The maximum Gasteiger partial charge on any atom is 0.191 e. The molecule has 0 spiro atoms. The van der Waals surface area contributed by atoms with Crippen molar-refractivity contribution in [1.82, 2.24) is 15.5 Å². The number of nitrogens with zero attached hydrogens (tertiary/aromatic N) is 2. The summed E-state index contributed by atoms with van der Waals surface area (Å²) in [6.45, 7) is 6.65. The highest BCUT2D eigenvalue weighted by atomic mass is 16.3. The average molecular weight is 354 g/mol. The minimum absolute atomic E-state index is 0.242. The van der Waals surface area contributed by atoms with Gasteiger partial charge >= 0.3 is 0 Å². The van der Waals surface area contributed by atoms with E-state index >= 15 is 0 Å². The first-order valence-electron chi connectivity index (χ1n) is 9.70. The van der Waals surface area contributed by atoms with E-state index in [4.69, 9.17) is 9.41 Å². The van der Waals surface area contributed by atoms with Crippen LogP contribution in [-0.4, -0.2) is 37.0 Å². The highest BCUT2D eigenvalue weighted by molar-refractivity contribution is 5.79. The van der Waals surface area contributed by atoms with Gasteiger partial charge in [0, 0.05) is 13.1 Å². The molecular weight excluding hydrogens is 324 g/mol. The van der Waals surface area contributed by atoms with Gasteiger partial charge in [0.25, 0.3) is 0 Å². The van der Waals surface area contributed by atoms with Crippen LogP contribution in [0.1, 0.15) is 43.6 Å². The summed E-state index contributed by atoms with van der Waals surface area (Å²) in [5.41, 5.74) is 1.21. The Kier molecular flexibility index (Phi) is 7.14. The summed E-state index contributed by atoms with van der Waals surface area (Å²) >= 11 is 0. The Hall–Kier alpha value is -2.27. The minimum Gasteiger partial charge on any atom is -0.468 e. The lowest BCUT2D eigenvalue weighted by molar-refractivity contribution is 0.146. The van der Waals surface area contributed by atoms with Crippen molar-refractivity contribution in [3.8, 4) is 0 Å². The number of aliphatic imine (C=N–C) groups is 1. The number of furan rings is 1. The van der Waals surface area contributed by atoms with Gasteiger partial charge in [-0.25, -0.2) is 4.99 Å². The third-order valence-electron chi connectivity index (χ3n) is 4.77. The Balaban J connectivity index is 1.64. The lowest BCUT2D eigenvalue weighted by Crippen LogP contribution is -2.44. The Labute approximate surface area is 156 Å². The van der Waals surface area contributed by atoms with Gasteiger partial charge in [0.2, 0.25) is 0 Å². The smallest absolute Gasteiger partial charge is 0.191 e. The van der Waals surface area contributed by atoms with Crippen LogP contribution < -0.4 is 10.6 Å². The van der Waals surface area contributed by atoms with Crippen molar-refractivity contribution in [2.45, 2.75) is 38.8 Å². The molecule has 0 amide bonds. The Morgan fingerprint density at radius 3 is 2.58 bits per heavy atom. The van der Waals surface area contributed by atoms with Gasteiger partial charge in [0.1, 0.15) is 5.76 Å². The predicted octanol–water partition coefficient (Wildman–Crippen LogP) is 3.56. The summed E-state index contributed by atoms with van der Waals surface area (Å²) < 4.78 is 5.73. The first kappa shape index (κ1) is 18.5. The van der Waals surface area contributed by atoms with E-state index in [1.165, 1.54) is 24.8 Å². The monoisotopic (exact) mass is 354 g/mol. The number of rotatable bonds is 7. The molecule has 26 heavy (non-hydrogen) atoms. The number of hydrogen-bond acceptors (Lipinski definition) is 3. The molecule has 1 aromatic heterocycles. The second kappa shape index (κ2) is 10.0. The van der Waals surface area contributed by atoms with Crippen molar-refractivity contribution in [2.75, 3.05) is 26.2 Å². The van der Waals surface area contributed by atoms with E-state index in [0.717, 1.165) is 37.9 Å². The van der Waals surface area contributed by atoms with Gasteiger partial charge in [0.05, 0.1) is 18.8 Å². The SMILES string of the molecule is CCNC(=NCc1ccccc1)NCC(c1ccco1)N1CCCCC1. The number of likely N-dealkylation sites (tertiary alicyclic amines) is 1. The van der Waals surface area contributed by atoms with E-state index in [2.05, 4.69) is 52.8 Å². The van der Waals surface area contributed by atoms with E-state index < -0.39 is 0 Å². The zero-order valence-corrected chi connectivity index (χ0v) is 15.7. The fraction of sp³-hybridized carbons (Fsp3) is 0.476. The molecule has 2 aromatic rings. The second-order valence-electron chi connectivity index (χ2n) is 6.69. The molecule has 1 aromatic carbocycles. The first-order chi connectivity index (χ1) is 12.9. The quantitative estimate of drug-likeness (QED) is 0.590. The molecular formula is C21H30N4O. The molecule has 1 fully saturated rings. The molecule has 1 aliphatic rings. The van der Waals surface area contributed by atoms with Crippen LogP contribution in [0.15, 0.2) is 58.1 Å². The van der Waals surface area contributed by atoms with Gasteiger partial charge < -0.3 is 15.1 Å². The van der Waals surface area contributed by atoms with Gasteiger partial charge in [-0.3, -0.25) is 4.90 Å². The lowest BCUT2D eigenvalue weighted by atomic mass is 10.1. The molecule has 1 saturated heterocycles. The maximum absolute atomic E-state index is 5.73. The van der Waals surface area contributed by atoms with Crippen LogP contribution in [0.4, 0.5) is 0 Å². The fourth-order valence-electron chi connectivity index (χ4n) is 3.41. The molecule has 5 nitrogen and oxygen atoms in total. The van der Waals surface area contributed by atoms with Gasteiger partial charge in [-0.05, 0) is 50.6 Å². The number of piperidine rings is 1. The summed E-state index contributed by atoms with van der Waals surface area (Å²) in [5, 5.41) is 6.86. The van der Waals surface area contributed by atoms with Crippen molar-refractivity contribution in [1.29, 1.82) is 0 Å². The predicted molar refractivity (Wildman–Crippen MR) is 106 cm³/mol. The average Bonchev–Trinajstić information content (AvgIpc) is 3.22. The summed E-state index contributed by atoms with van der Waals surface area (Å²) in [7, 11) is 0. The highest BCUT2D eigenvalue weighted by Crippen LogP contribution is 2.24. The first-order valence-corrected chi connectivity index (χ1v) is 9.70. The topological polar surface area (TPSA) is 52.8 Å². The molecule has 0 saturated carbocycles. The van der Waals surface area contributed by atoms with Crippen molar-refractivity contribution >= 4 is 5.96 Å². The van der Waals surface area contributed by atoms with E-state index in [1.807, 2.05) is 12.1 Å². The maximum atomic E-state index is 5.73. The van der Waals surface area contributed by atoms with E-state index in [1.54, 1.807) is 6.26 Å². The minimum atomic E-state index is 0.242. The molecule has 1 atom stereocenters. The molecule has 2 heterocycles. The molecule has 140 valence electrons. The van der Waals surface area contributed by atoms with Gasteiger partial charge in [-0.15, -0.1) is 0 Å². The molecule has 1 unspecified atom stereocenters. The molecule has 0 bridgehead atoms. The fourth-order valence-corrected chi connectivity index (χ4v) is 3.41. The van der Waals surface area contributed by atoms with Crippen molar-refractivity contribution < 1.29 is 4.42 Å². The molecule has 2 N–H and O–H groups in total. The zero-order valence-electron chi connectivity index (χ0n) is 15.7. The van der Waals surface area contributed by atoms with Crippen LogP contribution in [0.25, 0.3) is 0 Å². The normalized spacial score (nSPS) is 17.0. The largest absolute Gasteiger partial charge is 0.468 e. The van der Waals surface area contributed by atoms with Gasteiger partial charge in [-0.1, -0.05) is 36.8 Å². The summed E-state index contributed by atoms with van der Waals surface area (Å²) in [4.78, 5) is 7.25. The number of guanidine groups is 1. The van der Waals surface area contributed by atoms with Crippen LogP contribution in [0.5, 0.6) is 0 Å². The van der Waals surface area contributed by atoms with Crippen molar-refractivity contribution in [3.05, 3.63) is 60.1 Å². The van der Waals surface area contributed by atoms with Crippen molar-refractivity contribution in [2.24, 2.45) is 4.99 Å². The Morgan fingerprint density at radius 1 is 1.08 bits per heavy atom. The Bertz CT molecular complexity index is 648. The van der Waals surface area contributed by atoms with Crippen LogP contribution >= 0.6 is 0 Å². The molecule has 1 aliphatic heterocycles. The standard InChI is InChI=1S/C21H30N4O/c1-2-22-21(23-16-18-10-5-3-6-11-18)24-17-19(20-12-9-15-26-20)25-13-7-4-8-14-25/h3,5-6,9-12,15,19H,2,4,7-8,13-14,16-17H2,1H3,(H2,22,23,24). The number of benzene rings is 1. The van der Waals surface area contributed by atoms with E-state index in [0.29, 0.717) is 6.54 Å². The van der Waals surface area contributed by atoms with E-state index in [9.17, 15) is 0 Å². The summed E-state index contributed by atoms with van der Waals surface area (Å²) in [6, 6.07) is 14.6. The molecule has 0 aliphatic carbocycles. The molecule has 3 rings (SSSR count). The van der Waals surface area contributed by atoms with Gasteiger partial charge in [0.15, 0.2) is 5.96 Å². The number of hydrogen-bond donors (Lipinski definition) is 2. The van der Waals surface area contributed by atoms with Crippen LogP contribution in [-0.2, 0) is 6.54 Å². The van der Waals surface area contributed by atoms with Crippen molar-refractivity contribution in [3.63, 3.8) is 0 Å². The van der Waals surface area contributed by atoms with Crippen LogP contribution in [0.2, 0.25) is 0 Å². The summed E-state index contributed by atoms with van der Waals surface area (Å²) in [5.74, 6) is 1.88. The molecule has 0 radical (unpaired) electrons. The van der Waals surface area contributed by atoms with Gasteiger partial charge in [-0.2, -0.15) is 0 Å². The third kappa shape index (κ3) is 5.36. The zero-order chi connectivity index (χ0) is 18.0. The molecule has 5 heteroatoms.